The maximum Gasteiger partial charge on any atom is 0.338 e. The highest BCUT2D eigenvalue weighted by Gasteiger charge is 2.30. The molecule has 0 amide bonds. The number of benzene rings is 3. The maximum atomic E-state index is 13.2. The number of esters is 2. The van der Waals surface area contributed by atoms with Gasteiger partial charge in [-0.25, -0.2) is 4.79 Å². The Hall–Kier alpha value is -3.44. The van der Waals surface area contributed by atoms with Crippen LogP contribution < -0.4 is 5.32 Å². The van der Waals surface area contributed by atoms with Gasteiger partial charge in [0.05, 0.1) is 5.56 Å². The SMILES string of the molecule is CN[C@@H](Cc1ccccc1C(=O)OCC1c2ccccc2-c2ccccc21)C(=O)OC(C)(C)C. The third-order valence-corrected chi connectivity index (χ3v) is 6.04. The molecule has 3 aromatic rings. The summed E-state index contributed by atoms with van der Waals surface area (Å²) in [4.78, 5) is 25.8. The number of hydrogen-bond acceptors (Lipinski definition) is 5. The number of hydrogen-bond donors (Lipinski definition) is 1. The fraction of sp³-hybridized carbons (Fsp3) is 0.310. The van der Waals surface area contributed by atoms with Crippen LogP contribution in [-0.2, 0) is 20.7 Å². The first-order chi connectivity index (χ1) is 16.3. The van der Waals surface area contributed by atoms with E-state index in [4.69, 9.17) is 9.47 Å². The van der Waals surface area contributed by atoms with E-state index in [1.54, 1.807) is 13.1 Å². The molecule has 0 heterocycles. The molecule has 0 radical (unpaired) electrons. The average molecular weight is 458 g/mol. The number of fused-ring (bicyclic) bond motifs is 3. The van der Waals surface area contributed by atoms with Gasteiger partial charge in [0.25, 0.3) is 0 Å². The highest BCUT2D eigenvalue weighted by molar-refractivity contribution is 5.91. The summed E-state index contributed by atoms with van der Waals surface area (Å²) in [6.45, 7) is 5.76. The van der Waals surface area contributed by atoms with Gasteiger partial charge in [0.15, 0.2) is 0 Å². The third-order valence-electron chi connectivity index (χ3n) is 6.04. The molecule has 1 N–H and O–H groups in total. The number of ether oxygens (including phenoxy) is 2. The Labute approximate surface area is 201 Å². The largest absolute Gasteiger partial charge is 0.461 e. The van der Waals surface area contributed by atoms with Crippen LogP contribution in [-0.4, -0.2) is 37.2 Å². The van der Waals surface area contributed by atoms with Crippen molar-refractivity contribution in [2.75, 3.05) is 13.7 Å². The normalized spacial score (nSPS) is 13.6. The van der Waals surface area contributed by atoms with Gasteiger partial charge in [0, 0.05) is 5.92 Å². The summed E-state index contributed by atoms with van der Waals surface area (Å²) in [5, 5.41) is 3.01. The van der Waals surface area contributed by atoms with Gasteiger partial charge < -0.3 is 14.8 Å². The zero-order valence-corrected chi connectivity index (χ0v) is 20.1. The van der Waals surface area contributed by atoms with Crippen LogP contribution in [0, 0.1) is 0 Å². The van der Waals surface area contributed by atoms with Gasteiger partial charge in [0.1, 0.15) is 18.2 Å². The Kier molecular flexibility index (Phi) is 6.85. The summed E-state index contributed by atoms with van der Waals surface area (Å²) in [7, 11) is 1.71. The van der Waals surface area contributed by atoms with Crippen molar-refractivity contribution in [3.05, 3.63) is 95.1 Å². The van der Waals surface area contributed by atoms with E-state index in [1.807, 2.05) is 63.2 Å². The first kappa shape index (κ1) is 23.7. The Morgan fingerprint density at radius 1 is 0.882 bits per heavy atom. The molecule has 1 aliphatic carbocycles. The average Bonchev–Trinajstić information content (AvgIpc) is 3.14. The molecule has 0 spiro atoms. The molecular formula is C29H31NO4. The lowest BCUT2D eigenvalue weighted by Gasteiger charge is -2.24. The fourth-order valence-corrected chi connectivity index (χ4v) is 4.47. The minimum atomic E-state index is -0.585. The van der Waals surface area contributed by atoms with Gasteiger partial charge in [-0.15, -0.1) is 0 Å². The second-order valence-corrected chi connectivity index (χ2v) is 9.56. The molecule has 5 nitrogen and oxygen atoms in total. The Balaban J connectivity index is 1.50. The molecule has 5 heteroatoms. The van der Waals surface area contributed by atoms with E-state index in [2.05, 4.69) is 29.6 Å². The molecule has 0 fully saturated rings. The van der Waals surface area contributed by atoms with E-state index in [-0.39, 0.29) is 18.5 Å². The van der Waals surface area contributed by atoms with Crippen molar-refractivity contribution in [3.8, 4) is 11.1 Å². The standard InChI is InChI=1S/C29H31NO4/c1-29(2,3)34-28(32)26(30-4)17-19-11-5-6-12-20(19)27(31)33-18-25-23-15-9-7-13-21(23)22-14-8-10-16-24(22)25/h5-16,25-26,30H,17-18H2,1-4H3/t26-/m0/s1. The van der Waals surface area contributed by atoms with Gasteiger partial charge in [-0.2, -0.15) is 0 Å². The highest BCUT2D eigenvalue weighted by atomic mass is 16.6. The zero-order chi connectivity index (χ0) is 24.3. The number of carbonyl (C=O) groups is 2. The number of nitrogens with one attached hydrogen (secondary N) is 1. The molecule has 1 aliphatic rings. The smallest absolute Gasteiger partial charge is 0.338 e. The fourth-order valence-electron chi connectivity index (χ4n) is 4.47. The van der Waals surface area contributed by atoms with E-state index >= 15 is 0 Å². The van der Waals surface area contributed by atoms with Crippen molar-refractivity contribution in [1.29, 1.82) is 0 Å². The zero-order valence-electron chi connectivity index (χ0n) is 20.1. The van der Waals surface area contributed by atoms with Crippen LogP contribution in [0.1, 0.15) is 53.7 Å². The molecule has 0 unspecified atom stereocenters. The van der Waals surface area contributed by atoms with E-state index in [1.165, 1.54) is 22.3 Å². The third kappa shape index (κ3) is 5.05. The van der Waals surface area contributed by atoms with E-state index in [9.17, 15) is 9.59 Å². The summed E-state index contributed by atoms with van der Waals surface area (Å²) in [5.74, 6) is -0.746. The van der Waals surface area contributed by atoms with Gasteiger partial charge >= 0.3 is 11.9 Å². The Morgan fingerprint density at radius 3 is 2.03 bits per heavy atom. The summed E-state index contributed by atoms with van der Waals surface area (Å²) >= 11 is 0. The molecular weight excluding hydrogens is 426 g/mol. The molecule has 176 valence electrons. The van der Waals surface area contributed by atoms with Gasteiger partial charge in [-0.3, -0.25) is 4.79 Å². The van der Waals surface area contributed by atoms with Crippen LogP contribution in [0.2, 0.25) is 0 Å². The van der Waals surface area contributed by atoms with Crippen LogP contribution in [0.15, 0.2) is 72.8 Å². The van der Waals surface area contributed by atoms with Crippen LogP contribution >= 0.6 is 0 Å². The predicted octanol–water partition coefficient (Wildman–Crippen LogP) is 5.13. The van der Waals surface area contributed by atoms with Crippen molar-refractivity contribution < 1.29 is 19.1 Å². The molecule has 1 atom stereocenters. The maximum absolute atomic E-state index is 13.2. The second-order valence-electron chi connectivity index (χ2n) is 9.56. The number of likely N-dealkylation sites (N-methyl/N-ethyl adjacent to an activating group) is 1. The number of carbonyl (C=O) groups excluding carboxylic acids is 2. The lowest BCUT2D eigenvalue weighted by molar-refractivity contribution is -0.157. The van der Waals surface area contributed by atoms with E-state index in [0.29, 0.717) is 12.0 Å². The Morgan fingerprint density at radius 2 is 1.44 bits per heavy atom. The summed E-state index contributed by atoms with van der Waals surface area (Å²) < 4.78 is 11.4. The van der Waals surface area contributed by atoms with Crippen LogP contribution in [0.5, 0.6) is 0 Å². The van der Waals surface area contributed by atoms with Gasteiger partial charge in [0.2, 0.25) is 0 Å². The van der Waals surface area contributed by atoms with E-state index in [0.717, 1.165) is 5.56 Å². The summed E-state index contributed by atoms with van der Waals surface area (Å²) in [5.41, 5.74) is 5.34. The van der Waals surface area contributed by atoms with Crippen molar-refractivity contribution in [3.63, 3.8) is 0 Å². The topological polar surface area (TPSA) is 64.6 Å². The molecule has 4 rings (SSSR count). The second kappa shape index (κ2) is 9.82. The summed E-state index contributed by atoms with van der Waals surface area (Å²) in [6, 6.07) is 23.2. The quantitative estimate of drug-likeness (QED) is 0.499. The first-order valence-corrected chi connectivity index (χ1v) is 11.6. The van der Waals surface area contributed by atoms with Crippen molar-refractivity contribution in [2.24, 2.45) is 0 Å². The molecule has 0 saturated heterocycles. The first-order valence-electron chi connectivity index (χ1n) is 11.6. The van der Waals surface area contributed by atoms with Crippen LogP contribution in [0.25, 0.3) is 11.1 Å². The summed E-state index contributed by atoms with van der Waals surface area (Å²) in [6.07, 6.45) is 0.325. The molecule has 0 aromatic heterocycles. The molecule has 3 aromatic carbocycles. The highest BCUT2D eigenvalue weighted by Crippen LogP contribution is 2.44. The predicted molar refractivity (Wildman–Crippen MR) is 133 cm³/mol. The number of rotatable bonds is 7. The molecule has 0 bridgehead atoms. The van der Waals surface area contributed by atoms with E-state index < -0.39 is 17.6 Å². The van der Waals surface area contributed by atoms with Crippen LogP contribution in [0.3, 0.4) is 0 Å². The lowest BCUT2D eigenvalue weighted by Crippen LogP contribution is -2.41. The lowest BCUT2D eigenvalue weighted by atomic mass is 9.97. The van der Waals surface area contributed by atoms with Gasteiger partial charge in [-0.05, 0) is 68.1 Å². The molecule has 34 heavy (non-hydrogen) atoms. The Bertz CT molecular complexity index is 1150. The molecule has 0 saturated carbocycles. The van der Waals surface area contributed by atoms with Gasteiger partial charge in [-0.1, -0.05) is 66.7 Å². The molecule has 0 aliphatic heterocycles. The monoisotopic (exact) mass is 457 g/mol. The minimum absolute atomic E-state index is 0.00432. The van der Waals surface area contributed by atoms with Crippen molar-refractivity contribution in [2.45, 2.75) is 44.8 Å². The van der Waals surface area contributed by atoms with Crippen LogP contribution in [0.4, 0.5) is 0 Å². The minimum Gasteiger partial charge on any atom is -0.461 e. The van der Waals surface area contributed by atoms with Crippen molar-refractivity contribution in [1.82, 2.24) is 5.32 Å². The van der Waals surface area contributed by atoms with Crippen molar-refractivity contribution >= 4 is 11.9 Å².